The van der Waals surface area contributed by atoms with Gasteiger partial charge in [0, 0.05) is 33.6 Å². The highest BCUT2D eigenvalue weighted by Crippen LogP contribution is 2.31. The number of carbonyl (C=O) groups is 2. The van der Waals surface area contributed by atoms with Gasteiger partial charge in [-0.15, -0.1) is 0 Å². The molecule has 0 unspecified atom stereocenters. The van der Waals surface area contributed by atoms with E-state index in [4.69, 9.17) is 32.4 Å². The highest BCUT2D eigenvalue weighted by atomic mass is 16.5. The van der Waals surface area contributed by atoms with E-state index < -0.39 is 0 Å². The maximum absolute atomic E-state index is 13.2. The SMILES string of the molecule is Nc1cc(C(=O)c2cccc(C(=O)c3ccc(Oc4ccccc4)c(N)c3)c2)ccc1Oc1ccccc1.Nc1ccc(Cc2ccc(Cc3ccc(N)cc3)cc2)cc1. The van der Waals surface area contributed by atoms with Crippen LogP contribution in [0.5, 0.6) is 23.0 Å². The highest BCUT2D eigenvalue weighted by Gasteiger charge is 2.17. The molecule has 0 heterocycles. The Morgan fingerprint density at radius 2 is 0.683 bits per heavy atom. The van der Waals surface area contributed by atoms with Gasteiger partial charge in [-0.2, -0.15) is 0 Å². The van der Waals surface area contributed by atoms with Gasteiger partial charge in [-0.05, 0) is 126 Å². The number of ketones is 2. The van der Waals surface area contributed by atoms with Crippen LogP contribution in [0.25, 0.3) is 0 Å². The second kappa shape index (κ2) is 18.9. The summed E-state index contributed by atoms with van der Waals surface area (Å²) >= 11 is 0. The van der Waals surface area contributed by atoms with Gasteiger partial charge >= 0.3 is 0 Å². The number of hydrogen-bond acceptors (Lipinski definition) is 8. The number of para-hydroxylation sites is 2. The molecule has 0 aromatic heterocycles. The summed E-state index contributed by atoms with van der Waals surface area (Å²) in [6, 6.07) is 59.7. The van der Waals surface area contributed by atoms with Crippen molar-refractivity contribution in [2.45, 2.75) is 12.8 Å². The third-order valence-corrected chi connectivity index (χ3v) is 9.67. The average molecular weight is 789 g/mol. The Hall–Kier alpha value is -8.10. The van der Waals surface area contributed by atoms with E-state index in [-0.39, 0.29) is 11.6 Å². The maximum Gasteiger partial charge on any atom is 0.193 e. The lowest BCUT2D eigenvalue weighted by Gasteiger charge is -2.11. The highest BCUT2D eigenvalue weighted by molar-refractivity contribution is 6.13. The molecule has 8 heteroatoms. The van der Waals surface area contributed by atoms with Gasteiger partial charge in [0.2, 0.25) is 0 Å². The molecule has 8 aromatic rings. The Bertz CT molecular complexity index is 2520. The Balaban J connectivity index is 0.000000210. The zero-order chi connectivity index (χ0) is 41.8. The standard InChI is InChI=1S/C32H24N2O4.C20H20N2/c33-27-19-23(14-16-29(27)37-25-10-3-1-4-11-25)31(35)21-8-7-9-22(18-21)32(36)24-15-17-30(28(34)20-24)38-26-12-5-2-6-13-26;21-19-9-5-17(6-10-19)13-15-1-2-16(4-3-15)14-18-7-11-20(22)12-8-18/h1-20H,33-34H2;1-12H,13-14,21-22H2. The van der Waals surface area contributed by atoms with Crippen LogP contribution in [-0.2, 0) is 12.8 Å². The van der Waals surface area contributed by atoms with Gasteiger partial charge in [-0.25, -0.2) is 0 Å². The molecular weight excluding hydrogens is 745 g/mol. The third-order valence-electron chi connectivity index (χ3n) is 9.67. The second-order valence-corrected chi connectivity index (χ2v) is 14.2. The predicted octanol–water partition coefficient (Wildman–Crippen LogP) is 10.9. The summed E-state index contributed by atoms with van der Waals surface area (Å²) in [7, 11) is 0. The monoisotopic (exact) mass is 788 g/mol. The number of nitrogen functional groups attached to an aromatic ring is 4. The van der Waals surface area contributed by atoms with Crippen molar-refractivity contribution in [1.82, 2.24) is 0 Å². The lowest BCUT2D eigenvalue weighted by atomic mass is 9.97. The van der Waals surface area contributed by atoms with E-state index in [1.807, 2.05) is 84.9 Å². The Morgan fingerprint density at radius 1 is 0.350 bits per heavy atom. The zero-order valence-electron chi connectivity index (χ0n) is 32.8. The van der Waals surface area contributed by atoms with Crippen LogP contribution < -0.4 is 32.4 Å². The molecule has 0 saturated carbocycles. The molecule has 0 fully saturated rings. The fourth-order valence-corrected chi connectivity index (χ4v) is 6.45. The van der Waals surface area contributed by atoms with Crippen LogP contribution in [0, 0.1) is 0 Å². The van der Waals surface area contributed by atoms with Crippen LogP contribution in [0.3, 0.4) is 0 Å². The first-order valence-corrected chi connectivity index (χ1v) is 19.4. The summed E-state index contributed by atoms with van der Waals surface area (Å²) in [5.74, 6) is 1.67. The average Bonchev–Trinajstić information content (AvgIpc) is 3.28. The quantitative estimate of drug-likeness (QED) is 0.0704. The van der Waals surface area contributed by atoms with E-state index in [0.717, 1.165) is 24.2 Å². The number of hydrogen-bond donors (Lipinski definition) is 4. The minimum absolute atomic E-state index is 0.260. The minimum Gasteiger partial charge on any atom is -0.455 e. The largest absolute Gasteiger partial charge is 0.455 e. The van der Waals surface area contributed by atoms with Crippen molar-refractivity contribution in [2.75, 3.05) is 22.9 Å². The summed E-state index contributed by atoms with van der Waals surface area (Å²) in [6.45, 7) is 0. The summed E-state index contributed by atoms with van der Waals surface area (Å²) in [4.78, 5) is 26.4. The number of carbonyl (C=O) groups excluding carboxylic acids is 2. The van der Waals surface area contributed by atoms with E-state index >= 15 is 0 Å². The van der Waals surface area contributed by atoms with Gasteiger partial charge in [-0.3, -0.25) is 9.59 Å². The summed E-state index contributed by atoms with van der Waals surface area (Å²) in [5, 5.41) is 0. The fraction of sp³-hybridized carbons (Fsp3) is 0.0385. The molecule has 8 rings (SSSR count). The van der Waals surface area contributed by atoms with Crippen molar-refractivity contribution < 1.29 is 19.1 Å². The molecule has 0 spiro atoms. The van der Waals surface area contributed by atoms with E-state index in [1.165, 1.54) is 22.3 Å². The van der Waals surface area contributed by atoms with Gasteiger partial charge in [-0.1, -0.05) is 103 Å². The van der Waals surface area contributed by atoms with E-state index in [9.17, 15) is 9.59 Å². The number of benzene rings is 8. The summed E-state index contributed by atoms with van der Waals surface area (Å²) in [5.41, 5.74) is 32.7. The van der Waals surface area contributed by atoms with E-state index in [1.54, 1.807) is 60.7 Å². The van der Waals surface area contributed by atoms with Gasteiger partial charge in [0.1, 0.15) is 23.0 Å². The Kier molecular flexibility index (Phi) is 12.6. The van der Waals surface area contributed by atoms with E-state index in [0.29, 0.717) is 56.6 Å². The first-order chi connectivity index (χ1) is 29.2. The van der Waals surface area contributed by atoms with Crippen molar-refractivity contribution in [3.63, 3.8) is 0 Å². The van der Waals surface area contributed by atoms with Crippen molar-refractivity contribution in [3.8, 4) is 23.0 Å². The first-order valence-electron chi connectivity index (χ1n) is 19.4. The number of ether oxygens (including phenoxy) is 2. The Labute approximate surface area is 349 Å². The van der Waals surface area contributed by atoms with Crippen molar-refractivity contribution in [1.29, 1.82) is 0 Å². The molecule has 8 N–H and O–H groups in total. The third kappa shape index (κ3) is 10.6. The molecule has 0 aliphatic carbocycles. The van der Waals surface area contributed by atoms with Gasteiger partial charge in [0.25, 0.3) is 0 Å². The van der Waals surface area contributed by atoms with Gasteiger partial charge < -0.3 is 32.4 Å². The minimum atomic E-state index is -0.260. The van der Waals surface area contributed by atoms with Crippen LogP contribution in [0.2, 0.25) is 0 Å². The molecular formula is C52H44N4O4. The fourth-order valence-electron chi connectivity index (χ4n) is 6.45. The molecule has 296 valence electrons. The lowest BCUT2D eigenvalue weighted by Crippen LogP contribution is -2.07. The predicted molar refractivity (Wildman–Crippen MR) is 242 cm³/mol. The molecule has 0 amide bonds. The van der Waals surface area contributed by atoms with Crippen LogP contribution >= 0.6 is 0 Å². The number of nitrogens with two attached hydrogens (primary N) is 4. The molecule has 0 aliphatic heterocycles. The number of rotatable bonds is 12. The van der Waals surface area contributed by atoms with Crippen LogP contribution in [-0.4, -0.2) is 11.6 Å². The smallest absolute Gasteiger partial charge is 0.193 e. The second-order valence-electron chi connectivity index (χ2n) is 14.2. The molecule has 0 bridgehead atoms. The molecule has 0 radical (unpaired) electrons. The lowest BCUT2D eigenvalue weighted by molar-refractivity contribution is 0.103. The van der Waals surface area contributed by atoms with Gasteiger partial charge in [0.15, 0.2) is 11.6 Å². The Morgan fingerprint density at radius 3 is 1.03 bits per heavy atom. The normalized spacial score (nSPS) is 10.5. The molecule has 0 saturated heterocycles. The summed E-state index contributed by atoms with van der Waals surface area (Å²) in [6.07, 6.45) is 1.87. The molecule has 8 nitrogen and oxygen atoms in total. The topological polar surface area (TPSA) is 157 Å². The molecule has 60 heavy (non-hydrogen) atoms. The van der Waals surface area contributed by atoms with Crippen LogP contribution in [0.4, 0.5) is 22.7 Å². The van der Waals surface area contributed by atoms with Crippen molar-refractivity contribution in [2.24, 2.45) is 0 Å². The van der Waals surface area contributed by atoms with Crippen molar-refractivity contribution >= 4 is 34.3 Å². The zero-order valence-corrected chi connectivity index (χ0v) is 32.8. The first kappa shape index (κ1) is 40.1. The van der Waals surface area contributed by atoms with Crippen molar-refractivity contribution in [3.05, 3.63) is 239 Å². The van der Waals surface area contributed by atoms with Crippen LogP contribution in [0.15, 0.2) is 194 Å². The molecule has 0 atom stereocenters. The summed E-state index contributed by atoms with van der Waals surface area (Å²) < 4.78 is 11.6. The number of anilines is 4. The van der Waals surface area contributed by atoms with E-state index in [2.05, 4.69) is 48.5 Å². The maximum atomic E-state index is 13.2. The van der Waals surface area contributed by atoms with Gasteiger partial charge in [0.05, 0.1) is 11.4 Å². The van der Waals surface area contributed by atoms with Crippen LogP contribution in [0.1, 0.15) is 54.1 Å². The molecule has 0 aliphatic rings. The molecule has 8 aromatic carbocycles.